The lowest BCUT2D eigenvalue weighted by Crippen LogP contribution is -2.70. The van der Waals surface area contributed by atoms with Crippen LogP contribution in [0.25, 0.3) is 0 Å². The molecule has 4 fully saturated rings. The van der Waals surface area contributed by atoms with E-state index in [-0.39, 0.29) is 25.8 Å². The van der Waals surface area contributed by atoms with E-state index in [4.69, 9.17) is 46.6 Å². The van der Waals surface area contributed by atoms with E-state index < -0.39 is 117 Å². The Hall–Kier alpha value is -1.17. The van der Waals surface area contributed by atoms with E-state index in [0.717, 1.165) is 0 Å². The monoisotopic (exact) mass is 610 g/mol. The van der Waals surface area contributed by atoms with Gasteiger partial charge in [-0.3, -0.25) is 4.79 Å². The zero-order chi connectivity index (χ0) is 30.9. The fourth-order valence-electron chi connectivity index (χ4n) is 5.99. The molecule has 0 spiro atoms. The molecule has 4 aliphatic rings. The molecule has 0 aromatic heterocycles. The Balaban J connectivity index is 1.42. The number of hydrogen-bond donors (Lipinski definition) is 12. The van der Waals surface area contributed by atoms with Gasteiger partial charge in [0.2, 0.25) is 5.91 Å². The number of ether oxygens (including phenoxy) is 5. The summed E-state index contributed by atoms with van der Waals surface area (Å²) >= 11 is 0. The number of aliphatic hydroxyl groups excluding tert-OH is 6. The highest BCUT2D eigenvalue weighted by molar-refractivity contribution is 5.76. The summed E-state index contributed by atoms with van der Waals surface area (Å²) in [5, 5.41) is 68.6. The molecule has 18 nitrogen and oxygen atoms in total. The van der Waals surface area contributed by atoms with Gasteiger partial charge in [0.1, 0.15) is 42.7 Å². The van der Waals surface area contributed by atoms with Crippen LogP contribution < -0.4 is 33.6 Å². The third kappa shape index (κ3) is 6.89. The summed E-state index contributed by atoms with van der Waals surface area (Å²) in [6.07, 6.45) is -14.6. The van der Waals surface area contributed by atoms with Gasteiger partial charge < -0.3 is 87.9 Å². The summed E-state index contributed by atoms with van der Waals surface area (Å²) < 4.78 is 29.5. The van der Waals surface area contributed by atoms with Crippen molar-refractivity contribution in [2.24, 2.45) is 22.9 Å². The molecule has 244 valence electrons. The number of rotatable bonds is 9. The molecule has 3 heterocycles. The third-order valence-electron chi connectivity index (χ3n) is 8.39. The number of aliphatic hydroxyl groups is 6. The van der Waals surface area contributed by atoms with Crippen LogP contribution in [0.3, 0.4) is 0 Å². The number of hydrogen-bond acceptors (Lipinski definition) is 17. The van der Waals surface area contributed by atoms with Gasteiger partial charge in [-0.05, 0) is 19.9 Å². The number of carbonyl (C=O) groups excluding carboxylic acids is 1. The highest BCUT2D eigenvalue weighted by Crippen LogP contribution is 2.35. The normalized spacial score (nSPS) is 49.7. The second-order valence-electron chi connectivity index (χ2n) is 11.3. The molecular weight excluding hydrogens is 564 g/mol. The highest BCUT2D eigenvalue weighted by atomic mass is 16.8. The van der Waals surface area contributed by atoms with E-state index >= 15 is 0 Å². The summed E-state index contributed by atoms with van der Waals surface area (Å²) in [7, 11) is 1.53. The second kappa shape index (κ2) is 14.3. The van der Waals surface area contributed by atoms with Crippen molar-refractivity contribution in [3.05, 3.63) is 0 Å². The molecule has 11 unspecified atom stereocenters. The van der Waals surface area contributed by atoms with E-state index in [1.54, 1.807) is 0 Å². The first-order chi connectivity index (χ1) is 19.9. The van der Waals surface area contributed by atoms with Crippen molar-refractivity contribution in [2.45, 2.75) is 123 Å². The number of nitrogens with two attached hydrogens (primary N) is 4. The molecule has 0 aromatic rings. The zero-order valence-electron chi connectivity index (χ0n) is 23.3. The van der Waals surface area contributed by atoms with Crippen molar-refractivity contribution in [1.29, 1.82) is 0 Å². The minimum atomic E-state index is -1.66. The molecule has 17 atom stereocenters. The summed E-state index contributed by atoms with van der Waals surface area (Å²) in [5.41, 5.74) is 23.6. The lowest BCUT2D eigenvalue weighted by molar-refractivity contribution is -0.373. The van der Waals surface area contributed by atoms with Gasteiger partial charge in [-0.25, -0.2) is 0 Å². The number of nitrogens with one attached hydrogen (secondary N) is 2. The molecular formula is C24H46N6O12. The molecule has 4 rings (SSSR count). The number of fused-ring (bicyclic) bond motifs is 1. The minimum Gasteiger partial charge on any atom is -0.394 e. The van der Waals surface area contributed by atoms with Crippen molar-refractivity contribution in [2.75, 3.05) is 20.2 Å². The SMILES string of the molecule is CNC1C(O[C@H]2OC(CO)[C@@H](NC(=O)CCN)C(O)C2O)O[C@H]2CC(N)[C@@H](O[C@@H]3C(N)C[C@@H](N)C(O)C3O)OC2C1O. The zero-order valence-corrected chi connectivity index (χ0v) is 23.3. The maximum absolute atomic E-state index is 12.0. The fraction of sp³-hybridized carbons (Fsp3) is 0.958. The summed E-state index contributed by atoms with van der Waals surface area (Å²) in [6, 6.07) is -4.29. The standard InChI is InChI=1S/C24H46N6O12/c1-29-14-17(35)21-10(5-9(28)22(41-21)40-20-8(27)4-7(26)15(33)18(20)36)38-23(14)42-24-19(37)16(34)13(11(6-31)39-24)30-12(32)2-3-25/h7-11,13-24,29,31,33-37H,2-6,25-28H2,1H3,(H,30,32)/t7-,8?,9?,10+,11?,13-,14?,15?,16?,17?,18?,19?,20-,21?,22+,23?,24-/m1/s1. The number of carbonyl (C=O) groups is 1. The van der Waals surface area contributed by atoms with Gasteiger partial charge in [-0.15, -0.1) is 0 Å². The van der Waals surface area contributed by atoms with Crippen LogP contribution in [-0.4, -0.2) is 161 Å². The van der Waals surface area contributed by atoms with Crippen LogP contribution >= 0.6 is 0 Å². The van der Waals surface area contributed by atoms with Gasteiger partial charge in [-0.1, -0.05) is 0 Å². The Morgan fingerprint density at radius 3 is 2.17 bits per heavy atom. The van der Waals surface area contributed by atoms with Crippen LogP contribution in [-0.2, 0) is 28.5 Å². The Morgan fingerprint density at radius 2 is 1.52 bits per heavy atom. The lowest BCUT2D eigenvalue weighted by Gasteiger charge is -2.51. The van der Waals surface area contributed by atoms with Crippen LogP contribution in [0.4, 0.5) is 0 Å². The van der Waals surface area contributed by atoms with Gasteiger partial charge in [0.05, 0.1) is 36.9 Å². The first-order valence-corrected chi connectivity index (χ1v) is 14.1. The van der Waals surface area contributed by atoms with Gasteiger partial charge in [0.25, 0.3) is 0 Å². The average Bonchev–Trinajstić information content (AvgIpc) is 2.94. The summed E-state index contributed by atoms with van der Waals surface area (Å²) in [4.78, 5) is 12.0. The van der Waals surface area contributed by atoms with Crippen molar-refractivity contribution < 1.29 is 59.1 Å². The first-order valence-electron chi connectivity index (χ1n) is 14.1. The first kappa shape index (κ1) is 33.7. The summed E-state index contributed by atoms with van der Waals surface area (Å²) in [5.74, 6) is -0.495. The van der Waals surface area contributed by atoms with Crippen LogP contribution in [0.15, 0.2) is 0 Å². The number of amides is 1. The molecule has 3 saturated heterocycles. The molecule has 18 heteroatoms. The Labute approximate surface area is 242 Å². The quantitative estimate of drug-likeness (QED) is 0.115. The van der Waals surface area contributed by atoms with Gasteiger partial charge >= 0.3 is 0 Å². The van der Waals surface area contributed by atoms with Crippen molar-refractivity contribution in [3.8, 4) is 0 Å². The van der Waals surface area contributed by atoms with E-state index in [1.807, 2.05) is 0 Å². The largest absolute Gasteiger partial charge is 0.394 e. The maximum Gasteiger partial charge on any atom is 0.221 e. The second-order valence-corrected chi connectivity index (χ2v) is 11.3. The van der Waals surface area contributed by atoms with Crippen molar-refractivity contribution in [1.82, 2.24) is 10.6 Å². The minimum absolute atomic E-state index is 0.0299. The van der Waals surface area contributed by atoms with E-state index in [0.29, 0.717) is 0 Å². The van der Waals surface area contributed by atoms with E-state index in [9.17, 15) is 35.4 Å². The Kier molecular flexibility index (Phi) is 11.5. The van der Waals surface area contributed by atoms with E-state index in [2.05, 4.69) is 10.6 Å². The molecule has 1 aliphatic carbocycles. The third-order valence-corrected chi connectivity index (χ3v) is 8.39. The topological polar surface area (TPSA) is 313 Å². The average molecular weight is 611 g/mol. The Morgan fingerprint density at radius 1 is 0.810 bits per heavy atom. The molecule has 0 radical (unpaired) electrons. The molecule has 0 bridgehead atoms. The van der Waals surface area contributed by atoms with E-state index in [1.165, 1.54) is 7.05 Å². The van der Waals surface area contributed by atoms with Crippen LogP contribution in [0.5, 0.6) is 0 Å². The summed E-state index contributed by atoms with van der Waals surface area (Å²) in [6.45, 7) is -0.547. The molecule has 42 heavy (non-hydrogen) atoms. The predicted octanol–water partition coefficient (Wildman–Crippen LogP) is -7.44. The van der Waals surface area contributed by atoms with Crippen LogP contribution in [0, 0.1) is 0 Å². The lowest BCUT2D eigenvalue weighted by atomic mass is 9.84. The Bertz CT molecular complexity index is 893. The smallest absolute Gasteiger partial charge is 0.221 e. The molecule has 1 amide bonds. The molecule has 0 aromatic carbocycles. The molecule has 1 saturated carbocycles. The van der Waals surface area contributed by atoms with Gasteiger partial charge in [-0.2, -0.15) is 0 Å². The predicted molar refractivity (Wildman–Crippen MR) is 141 cm³/mol. The maximum atomic E-state index is 12.0. The van der Waals surface area contributed by atoms with Gasteiger partial charge in [0.15, 0.2) is 18.9 Å². The van der Waals surface area contributed by atoms with Crippen molar-refractivity contribution >= 4 is 5.91 Å². The molecule has 16 N–H and O–H groups in total. The number of likely N-dealkylation sites (N-methyl/N-ethyl adjacent to an activating group) is 1. The van der Waals surface area contributed by atoms with Gasteiger partial charge in [0, 0.05) is 25.0 Å². The van der Waals surface area contributed by atoms with Crippen molar-refractivity contribution in [3.63, 3.8) is 0 Å². The highest BCUT2D eigenvalue weighted by Gasteiger charge is 2.54. The molecule has 3 aliphatic heterocycles. The van der Waals surface area contributed by atoms with Crippen LogP contribution in [0.1, 0.15) is 19.3 Å². The van der Waals surface area contributed by atoms with Crippen LogP contribution in [0.2, 0.25) is 0 Å². The fourth-order valence-corrected chi connectivity index (χ4v) is 5.99.